The van der Waals surface area contributed by atoms with E-state index in [4.69, 9.17) is 16.3 Å². The lowest BCUT2D eigenvalue weighted by Crippen LogP contribution is -1.98. The van der Waals surface area contributed by atoms with Crippen LogP contribution in [0.4, 0.5) is 0 Å². The van der Waals surface area contributed by atoms with E-state index in [9.17, 15) is 4.79 Å². The van der Waals surface area contributed by atoms with Crippen LogP contribution in [0.3, 0.4) is 0 Å². The molecule has 0 spiro atoms. The summed E-state index contributed by atoms with van der Waals surface area (Å²) < 4.78 is 7.22. The Balaban J connectivity index is 2.06. The monoisotopic (exact) mass is 250 g/mol. The molecule has 0 aliphatic heterocycles. The highest BCUT2D eigenvalue weighted by Gasteiger charge is 2.04. The summed E-state index contributed by atoms with van der Waals surface area (Å²) in [4.78, 5) is 10.5. The second-order valence-corrected chi connectivity index (χ2v) is 3.98. The van der Waals surface area contributed by atoms with Crippen LogP contribution in [0.25, 0.3) is 0 Å². The molecule has 0 N–H and O–H groups in total. The van der Waals surface area contributed by atoms with E-state index in [0.717, 1.165) is 12.0 Å². The molecule has 0 atom stereocenters. The second kappa shape index (κ2) is 5.01. The first kappa shape index (κ1) is 11.7. The molecule has 1 aromatic heterocycles. The van der Waals surface area contributed by atoms with Crippen molar-refractivity contribution in [3.63, 3.8) is 0 Å². The van der Waals surface area contributed by atoms with Crippen molar-refractivity contribution in [3.05, 3.63) is 46.7 Å². The lowest BCUT2D eigenvalue weighted by Gasteiger charge is -2.06. The summed E-state index contributed by atoms with van der Waals surface area (Å²) in [5.74, 6) is 0.544. The van der Waals surface area contributed by atoms with E-state index in [1.807, 2.05) is 19.3 Å². The van der Waals surface area contributed by atoms with E-state index >= 15 is 0 Å². The minimum atomic E-state index is 0.348. The molecule has 5 heteroatoms. The van der Waals surface area contributed by atoms with Gasteiger partial charge in [0.1, 0.15) is 18.6 Å². The summed E-state index contributed by atoms with van der Waals surface area (Å²) >= 11 is 5.97. The van der Waals surface area contributed by atoms with Gasteiger partial charge in [-0.05, 0) is 24.3 Å². The summed E-state index contributed by atoms with van der Waals surface area (Å²) in [5, 5.41) is 4.60. The van der Waals surface area contributed by atoms with Crippen LogP contribution >= 0.6 is 11.6 Å². The SMILES string of the molecule is Cn1ccc(COc2ccc(C=O)cc2Cl)n1. The van der Waals surface area contributed by atoms with Gasteiger partial charge < -0.3 is 4.74 Å². The fourth-order valence-corrected chi connectivity index (χ4v) is 1.64. The molecule has 0 bridgehead atoms. The summed E-state index contributed by atoms with van der Waals surface area (Å²) in [6.07, 6.45) is 2.59. The normalized spacial score (nSPS) is 10.2. The maximum atomic E-state index is 10.5. The fraction of sp³-hybridized carbons (Fsp3) is 0.167. The van der Waals surface area contributed by atoms with Gasteiger partial charge in [-0.15, -0.1) is 0 Å². The van der Waals surface area contributed by atoms with Crippen LogP contribution in [0.5, 0.6) is 5.75 Å². The standard InChI is InChI=1S/C12H11ClN2O2/c1-15-5-4-10(14-15)8-17-12-3-2-9(7-16)6-11(12)13/h2-7H,8H2,1H3. The van der Waals surface area contributed by atoms with Crippen LogP contribution in [0.15, 0.2) is 30.5 Å². The Morgan fingerprint density at radius 3 is 2.88 bits per heavy atom. The molecule has 0 fully saturated rings. The topological polar surface area (TPSA) is 44.1 Å². The number of halogens is 1. The van der Waals surface area contributed by atoms with Gasteiger partial charge in [-0.3, -0.25) is 9.48 Å². The molecule has 88 valence electrons. The number of carbonyl (C=O) groups excluding carboxylic acids is 1. The van der Waals surface area contributed by atoms with Gasteiger partial charge in [0.15, 0.2) is 0 Å². The number of nitrogens with zero attached hydrogens (tertiary/aromatic N) is 2. The number of hydrogen-bond acceptors (Lipinski definition) is 3. The van der Waals surface area contributed by atoms with Crippen molar-refractivity contribution >= 4 is 17.9 Å². The minimum Gasteiger partial charge on any atom is -0.486 e. The summed E-state index contributed by atoms with van der Waals surface area (Å²) in [5.41, 5.74) is 1.35. The smallest absolute Gasteiger partial charge is 0.150 e. The predicted molar refractivity (Wildman–Crippen MR) is 64.4 cm³/mol. The molecule has 2 rings (SSSR count). The Hall–Kier alpha value is -1.81. The number of ether oxygens (including phenoxy) is 1. The number of aryl methyl sites for hydroxylation is 1. The van der Waals surface area contributed by atoms with Gasteiger partial charge >= 0.3 is 0 Å². The first-order chi connectivity index (χ1) is 8.19. The number of benzene rings is 1. The zero-order chi connectivity index (χ0) is 12.3. The molecule has 4 nitrogen and oxygen atoms in total. The Bertz CT molecular complexity index is 537. The average Bonchev–Trinajstić information content (AvgIpc) is 2.73. The van der Waals surface area contributed by atoms with Crippen molar-refractivity contribution in [1.82, 2.24) is 9.78 Å². The summed E-state index contributed by atoms with van der Waals surface area (Å²) in [7, 11) is 1.84. The third-order valence-corrected chi connectivity index (χ3v) is 2.53. The van der Waals surface area contributed by atoms with Crippen molar-refractivity contribution in [2.24, 2.45) is 7.05 Å². The van der Waals surface area contributed by atoms with Crippen LogP contribution in [-0.4, -0.2) is 16.1 Å². The van der Waals surface area contributed by atoms with Crippen molar-refractivity contribution in [2.45, 2.75) is 6.61 Å². The van der Waals surface area contributed by atoms with Crippen molar-refractivity contribution in [1.29, 1.82) is 0 Å². The largest absolute Gasteiger partial charge is 0.486 e. The molecule has 0 unspecified atom stereocenters. The lowest BCUT2D eigenvalue weighted by atomic mass is 10.2. The van der Waals surface area contributed by atoms with Crippen LogP contribution < -0.4 is 4.74 Å². The fourth-order valence-electron chi connectivity index (χ4n) is 1.40. The van der Waals surface area contributed by atoms with Gasteiger partial charge in [-0.2, -0.15) is 5.10 Å². The van der Waals surface area contributed by atoms with Gasteiger partial charge in [-0.1, -0.05) is 11.6 Å². The van der Waals surface area contributed by atoms with E-state index in [1.54, 1.807) is 22.9 Å². The first-order valence-electron chi connectivity index (χ1n) is 5.05. The van der Waals surface area contributed by atoms with Gasteiger partial charge in [0, 0.05) is 18.8 Å². The average molecular weight is 251 g/mol. The first-order valence-corrected chi connectivity index (χ1v) is 5.43. The molecule has 0 saturated carbocycles. The predicted octanol–water partition coefficient (Wildman–Crippen LogP) is 2.47. The molecule has 0 aliphatic rings. The maximum absolute atomic E-state index is 10.5. The van der Waals surface area contributed by atoms with Gasteiger partial charge in [0.25, 0.3) is 0 Å². The third kappa shape index (κ3) is 2.85. The van der Waals surface area contributed by atoms with Crippen molar-refractivity contribution < 1.29 is 9.53 Å². The summed E-state index contributed by atoms with van der Waals surface area (Å²) in [6, 6.07) is 6.78. The number of hydrogen-bond donors (Lipinski definition) is 0. The highest BCUT2D eigenvalue weighted by molar-refractivity contribution is 6.32. The van der Waals surface area contributed by atoms with Crippen LogP contribution in [0.1, 0.15) is 16.1 Å². The quantitative estimate of drug-likeness (QED) is 0.783. The molecule has 17 heavy (non-hydrogen) atoms. The molecule has 0 amide bonds. The van der Waals surface area contributed by atoms with Gasteiger partial charge in [-0.25, -0.2) is 0 Å². The molecular formula is C12H11ClN2O2. The van der Waals surface area contributed by atoms with E-state index in [1.165, 1.54) is 0 Å². The Labute approximate surface area is 104 Å². The van der Waals surface area contributed by atoms with Crippen LogP contribution in [0, 0.1) is 0 Å². The van der Waals surface area contributed by atoms with Crippen LogP contribution in [0.2, 0.25) is 5.02 Å². The molecule has 0 aliphatic carbocycles. The maximum Gasteiger partial charge on any atom is 0.150 e. The zero-order valence-corrected chi connectivity index (χ0v) is 10.0. The molecule has 1 heterocycles. The second-order valence-electron chi connectivity index (χ2n) is 3.58. The van der Waals surface area contributed by atoms with E-state index in [2.05, 4.69) is 5.10 Å². The number of rotatable bonds is 4. The van der Waals surface area contributed by atoms with E-state index in [0.29, 0.717) is 22.9 Å². The van der Waals surface area contributed by atoms with Crippen molar-refractivity contribution in [2.75, 3.05) is 0 Å². The number of aldehydes is 1. The molecule has 0 saturated heterocycles. The molecule has 0 radical (unpaired) electrons. The molecular weight excluding hydrogens is 240 g/mol. The number of aromatic nitrogens is 2. The highest BCUT2D eigenvalue weighted by atomic mass is 35.5. The van der Waals surface area contributed by atoms with E-state index in [-0.39, 0.29) is 0 Å². The lowest BCUT2D eigenvalue weighted by molar-refractivity contribution is 0.112. The summed E-state index contributed by atoms with van der Waals surface area (Å²) in [6.45, 7) is 0.348. The number of carbonyl (C=O) groups is 1. The van der Waals surface area contributed by atoms with E-state index < -0.39 is 0 Å². The molecule has 1 aromatic carbocycles. The Morgan fingerprint density at radius 1 is 1.47 bits per heavy atom. The molecule has 2 aromatic rings. The van der Waals surface area contributed by atoms with Gasteiger partial charge in [0.2, 0.25) is 0 Å². The highest BCUT2D eigenvalue weighted by Crippen LogP contribution is 2.25. The zero-order valence-electron chi connectivity index (χ0n) is 9.26. The Kier molecular flexibility index (Phi) is 3.44. The van der Waals surface area contributed by atoms with Gasteiger partial charge in [0.05, 0.1) is 10.7 Å². The Morgan fingerprint density at radius 2 is 2.29 bits per heavy atom. The third-order valence-electron chi connectivity index (χ3n) is 2.24. The minimum absolute atomic E-state index is 0.348. The van der Waals surface area contributed by atoms with Crippen LogP contribution in [-0.2, 0) is 13.7 Å². The van der Waals surface area contributed by atoms with Crippen molar-refractivity contribution in [3.8, 4) is 5.75 Å².